The largest absolute Gasteiger partial charge is 0.494 e. The molecule has 0 aliphatic rings. The van der Waals surface area contributed by atoms with Crippen molar-refractivity contribution in [2.24, 2.45) is 0 Å². The van der Waals surface area contributed by atoms with E-state index < -0.39 is 0 Å². The average molecular weight is 368 g/mol. The monoisotopic (exact) mass is 367 g/mol. The maximum atomic E-state index is 5.99. The van der Waals surface area contributed by atoms with Gasteiger partial charge in [0.25, 0.3) is 0 Å². The molecule has 1 radical (unpaired) electrons. The minimum absolute atomic E-state index is 0.677. The average Bonchev–Trinajstić information content (AvgIpc) is 2.53. The third-order valence-corrected chi connectivity index (χ3v) is 4.71. The van der Waals surface area contributed by atoms with Crippen LogP contribution in [0.3, 0.4) is 0 Å². The summed E-state index contributed by atoms with van der Waals surface area (Å²) in [7, 11) is 0. The van der Waals surface area contributed by atoms with E-state index in [2.05, 4.69) is 25.5 Å². The maximum absolute atomic E-state index is 5.99. The van der Waals surface area contributed by atoms with Gasteiger partial charge in [0.1, 0.15) is 5.75 Å². The number of hydrogen-bond donors (Lipinski definition) is 0. The van der Waals surface area contributed by atoms with E-state index in [4.69, 9.17) is 27.9 Å². The minimum Gasteiger partial charge on any atom is -0.494 e. The third-order valence-electron chi connectivity index (χ3n) is 3.21. The summed E-state index contributed by atoms with van der Waals surface area (Å²) in [5.74, 6) is 1.90. The Morgan fingerprint density at radius 3 is 2.39 bits per heavy atom. The highest BCUT2D eigenvalue weighted by Crippen LogP contribution is 2.27. The molecule has 0 heterocycles. The number of hydrogen-bond acceptors (Lipinski definition) is 2. The number of unbranched alkanes of at least 4 members (excludes halogenated alkanes) is 1. The van der Waals surface area contributed by atoms with Crippen molar-refractivity contribution in [1.29, 1.82) is 0 Å². The zero-order valence-electron chi connectivity index (χ0n) is 13.2. The Bertz CT molecular complexity index is 579. The van der Waals surface area contributed by atoms with Crippen molar-refractivity contribution in [3.05, 3.63) is 64.5 Å². The highest BCUT2D eigenvalue weighted by atomic mass is 35.5. The van der Waals surface area contributed by atoms with Gasteiger partial charge in [0.05, 0.1) is 6.61 Å². The van der Waals surface area contributed by atoms with Crippen molar-refractivity contribution < 1.29 is 4.74 Å². The molecule has 2 aromatic rings. The van der Waals surface area contributed by atoms with Crippen LogP contribution in [0.25, 0.3) is 0 Å². The first kappa shape index (κ1) is 18.5. The molecule has 0 atom stereocenters. The van der Waals surface area contributed by atoms with Crippen molar-refractivity contribution in [1.82, 2.24) is 0 Å². The van der Waals surface area contributed by atoms with Crippen LogP contribution in [-0.4, -0.2) is 12.4 Å². The Hall–Kier alpha value is -0.830. The van der Waals surface area contributed by atoms with Gasteiger partial charge in [0.15, 0.2) is 0 Å². The van der Waals surface area contributed by atoms with E-state index in [1.54, 1.807) is 17.8 Å². The van der Waals surface area contributed by atoms with E-state index in [1.807, 2.05) is 24.3 Å². The first-order valence-electron chi connectivity index (χ1n) is 7.82. The summed E-state index contributed by atoms with van der Waals surface area (Å²) in [4.78, 5) is 1.10. The van der Waals surface area contributed by atoms with Gasteiger partial charge in [-0.15, -0.1) is 11.8 Å². The molecule has 0 aliphatic carbocycles. The number of rotatable bonds is 9. The molecule has 0 saturated heterocycles. The molecule has 2 rings (SSSR count). The van der Waals surface area contributed by atoms with Crippen molar-refractivity contribution in [2.75, 3.05) is 12.4 Å². The lowest BCUT2D eigenvalue weighted by Gasteiger charge is -2.07. The molecule has 0 bridgehead atoms. The smallest absolute Gasteiger partial charge is 0.119 e. The summed E-state index contributed by atoms with van der Waals surface area (Å²) in [5, 5.41) is 1.35. The van der Waals surface area contributed by atoms with Gasteiger partial charge >= 0.3 is 0 Å². The van der Waals surface area contributed by atoms with Crippen molar-refractivity contribution in [3.63, 3.8) is 0 Å². The van der Waals surface area contributed by atoms with E-state index in [0.29, 0.717) is 16.7 Å². The number of ether oxygens (including phenoxy) is 1. The molecule has 4 heteroatoms. The fraction of sp³-hybridized carbons (Fsp3) is 0.316. The predicted molar refractivity (Wildman–Crippen MR) is 102 cm³/mol. The molecule has 0 aromatic heterocycles. The van der Waals surface area contributed by atoms with Crippen LogP contribution in [0.4, 0.5) is 0 Å². The highest BCUT2D eigenvalue weighted by Gasteiger charge is 2.00. The summed E-state index contributed by atoms with van der Waals surface area (Å²) in [6.45, 7) is 2.89. The summed E-state index contributed by atoms with van der Waals surface area (Å²) < 4.78 is 5.77. The molecule has 0 aliphatic heterocycles. The summed E-state index contributed by atoms with van der Waals surface area (Å²) in [5.41, 5.74) is 1.26. The van der Waals surface area contributed by atoms with E-state index in [0.717, 1.165) is 29.2 Å². The summed E-state index contributed by atoms with van der Waals surface area (Å²) in [6, 6.07) is 13.9. The zero-order valence-corrected chi connectivity index (χ0v) is 15.6. The highest BCUT2D eigenvalue weighted by molar-refractivity contribution is 7.99. The lowest BCUT2D eigenvalue weighted by atomic mass is 10.1. The van der Waals surface area contributed by atoms with Crippen LogP contribution >= 0.6 is 35.0 Å². The SMILES string of the molecule is CCC[CH]c1ccc(OCCCSc2cc(Cl)cc(Cl)c2)cc1. The molecule has 0 saturated carbocycles. The van der Waals surface area contributed by atoms with Gasteiger partial charge in [-0.25, -0.2) is 0 Å². The normalized spacial score (nSPS) is 10.7. The van der Waals surface area contributed by atoms with E-state index in [1.165, 1.54) is 12.0 Å². The lowest BCUT2D eigenvalue weighted by molar-refractivity contribution is 0.318. The van der Waals surface area contributed by atoms with Gasteiger partial charge in [-0.1, -0.05) is 48.7 Å². The topological polar surface area (TPSA) is 9.23 Å². The first-order chi connectivity index (χ1) is 11.2. The van der Waals surface area contributed by atoms with Gasteiger partial charge in [0.2, 0.25) is 0 Å². The molecular weight excluding hydrogens is 347 g/mol. The van der Waals surface area contributed by atoms with Crippen molar-refractivity contribution in [3.8, 4) is 5.75 Å². The van der Waals surface area contributed by atoms with E-state index >= 15 is 0 Å². The van der Waals surface area contributed by atoms with Crippen LogP contribution in [0.2, 0.25) is 10.0 Å². The summed E-state index contributed by atoms with van der Waals surface area (Å²) >= 11 is 13.7. The van der Waals surface area contributed by atoms with Gasteiger partial charge < -0.3 is 4.74 Å². The van der Waals surface area contributed by atoms with Crippen LogP contribution in [-0.2, 0) is 0 Å². The van der Waals surface area contributed by atoms with Crippen LogP contribution in [0.15, 0.2) is 47.4 Å². The maximum Gasteiger partial charge on any atom is 0.119 e. The molecule has 23 heavy (non-hydrogen) atoms. The Balaban J connectivity index is 1.67. The Morgan fingerprint density at radius 2 is 1.74 bits per heavy atom. The fourth-order valence-electron chi connectivity index (χ4n) is 2.06. The lowest BCUT2D eigenvalue weighted by Crippen LogP contribution is -1.98. The number of benzene rings is 2. The fourth-order valence-corrected chi connectivity index (χ4v) is 3.64. The molecule has 0 N–H and O–H groups in total. The molecular formula is C19H21Cl2OS. The molecule has 0 amide bonds. The zero-order chi connectivity index (χ0) is 16.5. The standard InChI is InChI=1S/C19H21Cl2OS/c1-2-3-5-15-6-8-18(9-7-15)22-10-4-11-23-19-13-16(20)12-17(21)14-19/h5-9,12-14H,2-4,10-11H2,1H3. The first-order valence-corrected chi connectivity index (χ1v) is 9.56. The van der Waals surface area contributed by atoms with Crippen LogP contribution in [0.1, 0.15) is 31.7 Å². The molecule has 123 valence electrons. The van der Waals surface area contributed by atoms with Crippen molar-refractivity contribution in [2.45, 2.75) is 31.1 Å². The van der Waals surface area contributed by atoms with Gasteiger partial charge in [0, 0.05) is 20.7 Å². The second kappa shape index (κ2) is 10.1. The molecule has 0 unspecified atom stereocenters. The quantitative estimate of drug-likeness (QED) is 0.351. The van der Waals surface area contributed by atoms with Crippen LogP contribution in [0.5, 0.6) is 5.75 Å². The predicted octanol–water partition coefficient (Wildman–Crippen LogP) is 6.91. The molecule has 2 aromatic carbocycles. The van der Waals surface area contributed by atoms with E-state index in [9.17, 15) is 0 Å². The van der Waals surface area contributed by atoms with Crippen LogP contribution in [0, 0.1) is 6.42 Å². The number of halogens is 2. The van der Waals surface area contributed by atoms with Crippen LogP contribution < -0.4 is 4.74 Å². The third kappa shape index (κ3) is 7.07. The van der Waals surface area contributed by atoms with E-state index in [-0.39, 0.29) is 0 Å². The molecule has 0 fully saturated rings. The second-order valence-corrected chi connectivity index (χ2v) is 7.26. The van der Waals surface area contributed by atoms with Gasteiger partial charge in [-0.3, -0.25) is 0 Å². The Labute approximate surface area is 153 Å². The summed E-state index contributed by atoms with van der Waals surface area (Å²) in [6.07, 6.45) is 5.51. The van der Waals surface area contributed by atoms with Gasteiger partial charge in [-0.2, -0.15) is 0 Å². The molecule has 0 spiro atoms. The molecule has 1 nitrogen and oxygen atoms in total. The Kier molecular flexibility index (Phi) is 8.14. The Morgan fingerprint density at radius 1 is 1.04 bits per heavy atom. The number of thioether (sulfide) groups is 1. The second-order valence-electron chi connectivity index (χ2n) is 5.22. The minimum atomic E-state index is 0.677. The van der Waals surface area contributed by atoms with Gasteiger partial charge in [-0.05, 0) is 55.2 Å². The van der Waals surface area contributed by atoms with Crippen molar-refractivity contribution >= 4 is 35.0 Å².